The second-order valence-corrected chi connectivity index (χ2v) is 4.19. The van der Waals surface area contributed by atoms with Crippen molar-refractivity contribution in [2.24, 2.45) is 0 Å². The largest absolute Gasteiger partial charge is 0.476 e. The second-order valence-electron chi connectivity index (χ2n) is 2.93. The van der Waals surface area contributed by atoms with Gasteiger partial charge in [0.2, 0.25) is 0 Å². The molecule has 2 heterocycles. The maximum Gasteiger partial charge on any atom is 0.357 e. The molecular formula is C10H10N2O2S. The summed E-state index contributed by atoms with van der Waals surface area (Å²) in [6, 6.07) is 5.50. The van der Waals surface area contributed by atoms with Crippen molar-refractivity contribution in [2.75, 3.05) is 5.75 Å². The molecule has 2 rings (SSSR count). The maximum absolute atomic E-state index is 11.0. The van der Waals surface area contributed by atoms with E-state index in [4.69, 9.17) is 5.11 Å². The van der Waals surface area contributed by atoms with Crippen LogP contribution in [0.3, 0.4) is 0 Å². The van der Waals surface area contributed by atoms with Crippen LogP contribution in [0.2, 0.25) is 0 Å². The summed E-state index contributed by atoms with van der Waals surface area (Å²) in [5, 5.41) is 9.70. The Morgan fingerprint density at radius 1 is 1.60 bits per heavy atom. The molecule has 0 aliphatic rings. The van der Waals surface area contributed by atoms with Gasteiger partial charge < -0.3 is 5.11 Å². The number of imidazole rings is 1. The van der Waals surface area contributed by atoms with Crippen molar-refractivity contribution in [1.82, 2.24) is 9.38 Å². The lowest BCUT2D eigenvalue weighted by Gasteiger charge is -1.99. The van der Waals surface area contributed by atoms with Crippen LogP contribution in [0.25, 0.3) is 5.65 Å². The summed E-state index contributed by atoms with van der Waals surface area (Å²) >= 11 is 1.49. The van der Waals surface area contributed by atoms with Crippen LogP contribution in [0.5, 0.6) is 0 Å². The average Bonchev–Trinajstić information content (AvgIpc) is 2.58. The van der Waals surface area contributed by atoms with Crippen molar-refractivity contribution in [2.45, 2.75) is 11.9 Å². The molecule has 0 radical (unpaired) electrons. The predicted molar refractivity (Wildman–Crippen MR) is 58.5 cm³/mol. The van der Waals surface area contributed by atoms with Crippen LogP contribution in [-0.2, 0) is 0 Å². The molecule has 0 saturated carbocycles. The highest BCUT2D eigenvalue weighted by Crippen LogP contribution is 2.23. The van der Waals surface area contributed by atoms with Gasteiger partial charge in [0.15, 0.2) is 5.69 Å². The molecule has 1 N–H and O–H groups in total. The van der Waals surface area contributed by atoms with Crippen molar-refractivity contribution in [3.63, 3.8) is 0 Å². The zero-order valence-electron chi connectivity index (χ0n) is 8.17. The maximum atomic E-state index is 11.0. The molecule has 0 fully saturated rings. The number of thioether (sulfide) groups is 1. The molecule has 2 aromatic rings. The molecule has 15 heavy (non-hydrogen) atoms. The van der Waals surface area contributed by atoms with Crippen molar-refractivity contribution >= 4 is 23.4 Å². The van der Waals surface area contributed by atoms with Gasteiger partial charge in [-0.05, 0) is 17.9 Å². The summed E-state index contributed by atoms with van der Waals surface area (Å²) in [5.41, 5.74) is 0.805. The van der Waals surface area contributed by atoms with Crippen molar-refractivity contribution in [1.29, 1.82) is 0 Å². The predicted octanol–water partition coefficient (Wildman–Crippen LogP) is 2.14. The van der Waals surface area contributed by atoms with Crippen molar-refractivity contribution < 1.29 is 9.90 Å². The fourth-order valence-corrected chi connectivity index (χ4v) is 2.22. The van der Waals surface area contributed by atoms with Gasteiger partial charge in [0.1, 0.15) is 10.7 Å². The Bertz CT molecular complexity index is 507. The minimum absolute atomic E-state index is 0.132. The van der Waals surface area contributed by atoms with Gasteiger partial charge in [-0.2, -0.15) is 0 Å². The number of carboxylic acid groups (broad SMARTS) is 1. The number of aromatic nitrogens is 2. The minimum Gasteiger partial charge on any atom is -0.476 e. The van der Waals surface area contributed by atoms with E-state index in [1.54, 1.807) is 10.5 Å². The van der Waals surface area contributed by atoms with Gasteiger partial charge in [-0.15, -0.1) is 11.8 Å². The first-order valence-corrected chi connectivity index (χ1v) is 5.55. The number of aromatic carboxylic acids is 1. The molecular weight excluding hydrogens is 212 g/mol. The summed E-state index contributed by atoms with van der Waals surface area (Å²) in [6.07, 6.45) is 1.83. The number of hydrogen-bond donors (Lipinski definition) is 1. The molecule has 0 amide bonds. The van der Waals surface area contributed by atoms with Gasteiger partial charge >= 0.3 is 5.97 Å². The smallest absolute Gasteiger partial charge is 0.357 e. The van der Waals surface area contributed by atoms with E-state index >= 15 is 0 Å². The Kier molecular flexibility index (Phi) is 2.64. The summed E-state index contributed by atoms with van der Waals surface area (Å²) in [5.74, 6) is -0.155. The van der Waals surface area contributed by atoms with Gasteiger partial charge in [0.25, 0.3) is 0 Å². The number of carboxylic acids is 1. The first kappa shape index (κ1) is 10.0. The Morgan fingerprint density at radius 3 is 3.07 bits per heavy atom. The topological polar surface area (TPSA) is 54.6 Å². The van der Waals surface area contributed by atoms with Crippen LogP contribution in [-0.4, -0.2) is 26.2 Å². The monoisotopic (exact) mass is 222 g/mol. The zero-order chi connectivity index (χ0) is 10.8. The van der Waals surface area contributed by atoms with E-state index in [0.717, 1.165) is 5.75 Å². The fourth-order valence-electron chi connectivity index (χ4n) is 1.39. The van der Waals surface area contributed by atoms with E-state index < -0.39 is 5.97 Å². The van der Waals surface area contributed by atoms with Crippen molar-refractivity contribution in [3.05, 3.63) is 30.1 Å². The number of fused-ring (bicyclic) bond motifs is 1. The summed E-state index contributed by atoms with van der Waals surface area (Å²) < 4.78 is 1.80. The molecule has 4 nitrogen and oxygen atoms in total. The highest BCUT2D eigenvalue weighted by atomic mass is 32.2. The normalized spacial score (nSPS) is 10.7. The van der Waals surface area contributed by atoms with E-state index in [9.17, 15) is 4.79 Å². The zero-order valence-corrected chi connectivity index (χ0v) is 8.99. The molecule has 0 saturated heterocycles. The van der Waals surface area contributed by atoms with Crippen LogP contribution in [0.1, 0.15) is 17.4 Å². The second kappa shape index (κ2) is 3.94. The lowest BCUT2D eigenvalue weighted by molar-refractivity contribution is 0.0687. The molecule has 0 unspecified atom stereocenters. The molecule has 5 heteroatoms. The number of hydrogen-bond acceptors (Lipinski definition) is 3. The first-order chi connectivity index (χ1) is 7.24. The number of pyridine rings is 1. The van der Waals surface area contributed by atoms with Gasteiger partial charge in [-0.1, -0.05) is 13.0 Å². The molecule has 0 aromatic carbocycles. The van der Waals surface area contributed by atoms with Crippen LogP contribution >= 0.6 is 11.8 Å². The third-order valence-corrected chi connectivity index (χ3v) is 2.92. The molecule has 0 bridgehead atoms. The molecule has 2 aromatic heterocycles. The van der Waals surface area contributed by atoms with Gasteiger partial charge in [-0.3, -0.25) is 4.40 Å². The first-order valence-electron chi connectivity index (χ1n) is 4.57. The highest BCUT2D eigenvalue weighted by molar-refractivity contribution is 7.99. The lowest BCUT2D eigenvalue weighted by Crippen LogP contribution is -1.99. The van der Waals surface area contributed by atoms with Gasteiger partial charge in [0.05, 0.1) is 0 Å². The Morgan fingerprint density at radius 2 is 2.40 bits per heavy atom. The number of rotatable bonds is 3. The quantitative estimate of drug-likeness (QED) is 0.808. The summed E-state index contributed by atoms with van der Waals surface area (Å²) in [4.78, 5) is 15.1. The van der Waals surface area contributed by atoms with Crippen LogP contribution in [0, 0.1) is 0 Å². The molecule has 78 valence electrons. The number of nitrogens with zero attached hydrogens (tertiary/aromatic N) is 2. The van der Waals surface area contributed by atoms with Crippen LogP contribution < -0.4 is 0 Å². The molecule has 0 spiro atoms. The Hall–Kier alpha value is -1.49. The van der Waals surface area contributed by atoms with E-state index in [-0.39, 0.29) is 5.69 Å². The third kappa shape index (κ3) is 1.70. The summed E-state index contributed by atoms with van der Waals surface area (Å²) in [6.45, 7) is 1.98. The van der Waals surface area contributed by atoms with Crippen LogP contribution in [0.15, 0.2) is 29.4 Å². The van der Waals surface area contributed by atoms with Crippen LogP contribution in [0.4, 0.5) is 0 Å². The Balaban J connectivity index is 2.68. The van der Waals surface area contributed by atoms with E-state index in [2.05, 4.69) is 4.98 Å². The third-order valence-electron chi connectivity index (χ3n) is 1.97. The molecule has 0 atom stereocenters. The van der Waals surface area contributed by atoms with Gasteiger partial charge in [0, 0.05) is 6.20 Å². The Labute approximate surface area is 90.9 Å². The van der Waals surface area contributed by atoms with Gasteiger partial charge in [-0.25, -0.2) is 9.78 Å². The lowest BCUT2D eigenvalue weighted by atomic mass is 10.5. The fraction of sp³-hybridized carbons (Fsp3) is 0.200. The summed E-state index contributed by atoms with van der Waals surface area (Å²) in [7, 11) is 0. The number of carbonyl (C=O) groups is 1. The van der Waals surface area contributed by atoms with Crippen molar-refractivity contribution in [3.8, 4) is 0 Å². The molecule has 0 aliphatic heterocycles. The average molecular weight is 222 g/mol. The van der Waals surface area contributed by atoms with E-state index in [1.807, 2.05) is 25.3 Å². The van der Waals surface area contributed by atoms with E-state index in [1.165, 1.54) is 11.8 Å². The minimum atomic E-state index is -0.977. The standard InChI is InChI=1S/C10H10N2O2S/c1-2-15-9-8(10(13)14)11-7-5-3-4-6-12(7)9/h3-6H,2H2,1H3,(H,13,14). The van der Waals surface area contributed by atoms with E-state index in [0.29, 0.717) is 10.7 Å². The highest BCUT2D eigenvalue weighted by Gasteiger charge is 2.17. The SMILES string of the molecule is CCSc1c(C(=O)O)nc2ccccn12. The molecule has 0 aliphatic carbocycles.